The second kappa shape index (κ2) is 6.55. The summed E-state index contributed by atoms with van der Waals surface area (Å²) < 4.78 is 36.4. The van der Waals surface area contributed by atoms with Crippen molar-refractivity contribution in [3.8, 4) is 0 Å². The van der Waals surface area contributed by atoms with E-state index in [2.05, 4.69) is 10.4 Å². The Kier molecular flexibility index (Phi) is 4.59. The van der Waals surface area contributed by atoms with Crippen LogP contribution < -0.4 is 5.32 Å². The van der Waals surface area contributed by atoms with Crippen LogP contribution in [0.1, 0.15) is 24.8 Å². The molecule has 0 spiro atoms. The van der Waals surface area contributed by atoms with E-state index in [0.29, 0.717) is 17.7 Å². The molecule has 1 atom stereocenters. The molecule has 0 aliphatic carbocycles. The van der Waals surface area contributed by atoms with Crippen molar-refractivity contribution in [3.63, 3.8) is 0 Å². The Hall–Kier alpha value is -2.29. The molecular weight excluding hydrogens is 349 g/mol. The van der Waals surface area contributed by atoms with Crippen LogP contribution in [0.15, 0.2) is 23.3 Å². The molecule has 3 rings (SSSR count). The maximum absolute atomic E-state index is 13.1. The molecule has 0 unspecified atom stereocenters. The predicted molar refractivity (Wildman–Crippen MR) is 90.3 cm³/mol. The van der Waals surface area contributed by atoms with Gasteiger partial charge in [-0.05, 0) is 37.1 Å². The van der Waals surface area contributed by atoms with E-state index >= 15 is 0 Å². The zero-order chi connectivity index (χ0) is 18.2. The van der Waals surface area contributed by atoms with Crippen LogP contribution >= 0.6 is 0 Å². The molecule has 2 heterocycles. The molecule has 134 valence electrons. The van der Waals surface area contributed by atoms with Crippen molar-refractivity contribution in [1.82, 2.24) is 5.01 Å². The largest absolute Gasteiger partial charge is 0.321 e. The van der Waals surface area contributed by atoms with Gasteiger partial charge in [-0.2, -0.15) is 5.10 Å². The van der Waals surface area contributed by atoms with Gasteiger partial charge < -0.3 is 5.32 Å². The van der Waals surface area contributed by atoms with Gasteiger partial charge in [-0.25, -0.2) is 17.8 Å². The van der Waals surface area contributed by atoms with Gasteiger partial charge in [0.25, 0.3) is 5.91 Å². The quantitative estimate of drug-likeness (QED) is 0.869. The third kappa shape index (κ3) is 3.87. The van der Waals surface area contributed by atoms with Gasteiger partial charge >= 0.3 is 0 Å². The average Bonchev–Trinajstić information content (AvgIpc) is 2.90. The molecule has 0 saturated carbocycles. The Morgan fingerprint density at radius 3 is 2.76 bits per heavy atom. The molecule has 1 saturated heterocycles. The zero-order valence-corrected chi connectivity index (χ0v) is 14.5. The van der Waals surface area contributed by atoms with Crippen LogP contribution in [0.3, 0.4) is 0 Å². The van der Waals surface area contributed by atoms with Crippen LogP contribution in [0.5, 0.6) is 0 Å². The number of carbonyl (C=O) groups is 2. The minimum atomic E-state index is -3.16. The second-order valence-electron chi connectivity index (χ2n) is 6.26. The normalized spacial score (nSPS) is 22.6. The van der Waals surface area contributed by atoms with Gasteiger partial charge in [0.2, 0.25) is 5.91 Å². The molecule has 0 radical (unpaired) electrons. The van der Waals surface area contributed by atoms with Crippen molar-refractivity contribution < 1.29 is 22.4 Å². The molecule has 2 aliphatic heterocycles. The molecule has 2 amide bonds. The van der Waals surface area contributed by atoms with E-state index in [1.54, 1.807) is 6.92 Å². The number of aryl methyl sites for hydroxylation is 1. The van der Waals surface area contributed by atoms with Gasteiger partial charge in [0, 0.05) is 18.5 Å². The maximum atomic E-state index is 13.1. The van der Waals surface area contributed by atoms with E-state index in [4.69, 9.17) is 0 Å². The summed E-state index contributed by atoms with van der Waals surface area (Å²) in [5, 5.41) is 7.90. The van der Waals surface area contributed by atoms with Gasteiger partial charge in [-0.1, -0.05) is 0 Å². The van der Waals surface area contributed by atoms with Crippen molar-refractivity contribution in [2.24, 2.45) is 5.10 Å². The third-order valence-electron chi connectivity index (χ3n) is 4.31. The molecule has 2 aliphatic rings. The third-order valence-corrected chi connectivity index (χ3v) is 6.06. The van der Waals surface area contributed by atoms with E-state index < -0.39 is 27.6 Å². The van der Waals surface area contributed by atoms with Crippen molar-refractivity contribution in [2.75, 3.05) is 16.8 Å². The van der Waals surface area contributed by atoms with Crippen molar-refractivity contribution in [1.29, 1.82) is 0 Å². The fourth-order valence-electron chi connectivity index (χ4n) is 2.95. The van der Waals surface area contributed by atoms with Crippen molar-refractivity contribution in [3.05, 3.63) is 29.6 Å². The zero-order valence-electron chi connectivity index (χ0n) is 13.7. The number of hydrogen-bond acceptors (Lipinski definition) is 5. The van der Waals surface area contributed by atoms with Crippen LogP contribution in [-0.4, -0.2) is 48.5 Å². The molecule has 25 heavy (non-hydrogen) atoms. The number of anilines is 1. The Balaban J connectivity index is 1.77. The van der Waals surface area contributed by atoms with E-state index in [0.717, 1.165) is 5.01 Å². The number of rotatable bonds is 3. The Morgan fingerprint density at radius 1 is 1.36 bits per heavy atom. The number of carbonyl (C=O) groups excluding carboxylic acids is 2. The fourth-order valence-corrected chi connectivity index (χ4v) is 4.64. The van der Waals surface area contributed by atoms with Crippen LogP contribution in [0.4, 0.5) is 10.1 Å². The first-order chi connectivity index (χ1) is 11.7. The van der Waals surface area contributed by atoms with Crippen LogP contribution in [-0.2, 0) is 19.4 Å². The smallest absolute Gasteiger partial charge is 0.271 e. The van der Waals surface area contributed by atoms with Crippen molar-refractivity contribution >= 4 is 33.1 Å². The lowest BCUT2D eigenvalue weighted by Gasteiger charge is -2.27. The fraction of sp³-hybridized carbons (Fsp3) is 0.438. The summed E-state index contributed by atoms with van der Waals surface area (Å²) in [6.45, 7) is 1.67. The summed E-state index contributed by atoms with van der Waals surface area (Å²) in [5.74, 6) is -1.27. The van der Waals surface area contributed by atoms with Gasteiger partial charge in [0.15, 0.2) is 9.84 Å². The number of halogens is 1. The Bertz CT molecular complexity index is 866. The summed E-state index contributed by atoms with van der Waals surface area (Å²) in [6, 6.07) is 3.48. The molecule has 1 aromatic carbocycles. The van der Waals surface area contributed by atoms with E-state index in [1.165, 1.54) is 18.2 Å². The number of nitrogens with one attached hydrogen (secondary N) is 1. The van der Waals surface area contributed by atoms with Crippen LogP contribution in [0.2, 0.25) is 0 Å². The topological polar surface area (TPSA) is 95.9 Å². The average molecular weight is 367 g/mol. The number of amides is 2. The number of nitrogens with zero attached hydrogens (tertiary/aromatic N) is 2. The molecule has 1 aromatic rings. The minimum Gasteiger partial charge on any atom is -0.321 e. The minimum absolute atomic E-state index is 0.0211. The van der Waals surface area contributed by atoms with E-state index in [1.807, 2.05) is 0 Å². The first-order valence-electron chi connectivity index (χ1n) is 7.92. The van der Waals surface area contributed by atoms with E-state index in [-0.39, 0.29) is 36.0 Å². The molecular formula is C16H18FN3O4S. The number of hydrogen-bond donors (Lipinski definition) is 1. The molecule has 0 bridgehead atoms. The lowest BCUT2D eigenvalue weighted by Crippen LogP contribution is -2.42. The standard InChI is InChI=1S/C16H18FN3O4S/c1-10-8-11(17)2-3-13(10)18-16(22)14-4-5-15(21)20(19-14)12-6-7-25(23,24)9-12/h2-3,8,12H,4-7,9H2,1H3,(H,18,22)/t12-/m1/s1. The SMILES string of the molecule is Cc1cc(F)ccc1NC(=O)C1=NN([C@@H]2CCS(=O)(=O)C2)C(=O)CC1. The highest BCUT2D eigenvalue weighted by Crippen LogP contribution is 2.23. The number of benzene rings is 1. The Morgan fingerprint density at radius 2 is 2.12 bits per heavy atom. The lowest BCUT2D eigenvalue weighted by atomic mass is 10.1. The number of hydrazone groups is 1. The summed E-state index contributed by atoms with van der Waals surface area (Å²) in [6.07, 6.45) is 0.607. The lowest BCUT2D eigenvalue weighted by molar-refractivity contribution is -0.133. The summed E-state index contributed by atoms with van der Waals surface area (Å²) in [4.78, 5) is 24.5. The highest BCUT2D eigenvalue weighted by molar-refractivity contribution is 7.91. The maximum Gasteiger partial charge on any atom is 0.271 e. The first kappa shape index (κ1) is 17.5. The highest BCUT2D eigenvalue weighted by Gasteiger charge is 2.37. The highest BCUT2D eigenvalue weighted by atomic mass is 32.2. The summed E-state index contributed by atoms with van der Waals surface area (Å²) >= 11 is 0. The van der Waals surface area contributed by atoms with Gasteiger partial charge in [0.1, 0.15) is 11.5 Å². The molecule has 0 aromatic heterocycles. The van der Waals surface area contributed by atoms with Crippen molar-refractivity contribution in [2.45, 2.75) is 32.2 Å². The molecule has 7 nitrogen and oxygen atoms in total. The molecule has 1 N–H and O–H groups in total. The van der Waals surface area contributed by atoms with Crippen LogP contribution in [0, 0.1) is 12.7 Å². The molecule has 9 heteroatoms. The van der Waals surface area contributed by atoms with Crippen LogP contribution in [0.25, 0.3) is 0 Å². The summed E-state index contributed by atoms with van der Waals surface area (Å²) in [7, 11) is -3.16. The van der Waals surface area contributed by atoms with Gasteiger partial charge in [0.05, 0.1) is 17.5 Å². The molecule has 1 fully saturated rings. The number of sulfone groups is 1. The predicted octanol–water partition coefficient (Wildman–Crippen LogP) is 1.24. The van der Waals surface area contributed by atoms with E-state index in [9.17, 15) is 22.4 Å². The Labute approximate surface area is 144 Å². The van der Waals surface area contributed by atoms with Gasteiger partial charge in [-0.15, -0.1) is 0 Å². The summed E-state index contributed by atoms with van der Waals surface area (Å²) in [5.41, 5.74) is 1.19. The second-order valence-corrected chi connectivity index (χ2v) is 8.48. The monoisotopic (exact) mass is 367 g/mol. The first-order valence-corrected chi connectivity index (χ1v) is 9.75. The van der Waals surface area contributed by atoms with Gasteiger partial charge in [-0.3, -0.25) is 9.59 Å².